The number of likely N-dealkylation sites (tertiary alicyclic amines) is 1. The van der Waals surface area contributed by atoms with Crippen LogP contribution in [0.4, 0.5) is 0 Å². The monoisotopic (exact) mass is 322 g/mol. The van der Waals surface area contributed by atoms with Crippen molar-refractivity contribution in [3.63, 3.8) is 0 Å². The minimum atomic E-state index is -0.0198. The number of carbonyl (C=O) groups excluding carboxylic acids is 1. The summed E-state index contributed by atoms with van der Waals surface area (Å²) in [5.74, 6) is 0.637. The highest BCUT2D eigenvalue weighted by Gasteiger charge is 2.28. The Morgan fingerprint density at radius 1 is 1.33 bits per heavy atom. The second-order valence-electron chi connectivity index (χ2n) is 5.95. The summed E-state index contributed by atoms with van der Waals surface area (Å²) in [5.41, 5.74) is 2.10. The minimum absolute atomic E-state index is 0.0198. The first-order valence-corrected chi connectivity index (χ1v) is 8.05. The van der Waals surface area contributed by atoms with Gasteiger partial charge in [-0.15, -0.1) is 0 Å². The molecule has 4 rings (SSSR count). The summed E-state index contributed by atoms with van der Waals surface area (Å²) in [6.07, 6.45) is 7.93. The van der Waals surface area contributed by atoms with Crippen LogP contribution in [0.3, 0.4) is 0 Å². The predicted octanol–water partition coefficient (Wildman–Crippen LogP) is 2.18. The normalized spacial score (nSPS) is 17.3. The van der Waals surface area contributed by atoms with Crippen molar-refractivity contribution in [1.29, 1.82) is 0 Å². The molecule has 1 aromatic carbocycles. The molecule has 0 radical (unpaired) electrons. The van der Waals surface area contributed by atoms with Crippen molar-refractivity contribution in [3.05, 3.63) is 54.6 Å². The maximum absolute atomic E-state index is 12.6. The molecule has 1 fully saturated rings. The fourth-order valence-electron chi connectivity index (χ4n) is 3.12. The number of H-pyrrole nitrogens is 1. The van der Waals surface area contributed by atoms with E-state index in [2.05, 4.69) is 15.0 Å². The maximum Gasteiger partial charge on any atom is 0.232 e. The van der Waals surface area contributed by atoms with Crippen LogP contribution in [0.15, 0.2) is 49.1 Å². The summed E-state index contributed by atoms with van der Waals surface area (Å²) >= 11 is 0. The zero-order valence-electron chi connectivity index (χ0n) is 13.2. The van der Waals surface area contributed by atoms with Crippen molar-refractivity contribution >= 4 is 16.8 Å². The SMILES string of the molecule is O=C(Cc1c[nH]c2ccccc12)N1CC[C@@H](Oc2cnccn2)C1. The molecule has 3 aromatic rings. The Morgan fingerprint density at radius 2 is 2.25 bits per heavy atom. The van der Waals surface area contributed by atoms with Gasteiger partial charge in [-0.25, -0.2) is 4.98 Å². The molecule has 6 heteroatoms. The van der Waals surface area contributed by atoms with Crippen molar-refractivity contribution in [2.24, 2.45) is 0 Å². The van der Waals surface area contributed by atoms with Crippen LogP contribution in [-0.4, -0.2) is 45.0 Å². The van der Waals surface area contributed by atoms with E-state index in [9.17, 15) is 4.79 Å². The van der Waals surface area contributed by atoms with Crippen LogP contribution in [0.2, 0.25) is 0 Å². The second kappa shape index (κ2) is 6.31. The highest BCUT2D eigenvalue weighted by molar-refractivity contribution is 5.89. The number of fused-ring (bicyclic) bond motifs is 1. The lowest BCUT2D eigenvalue weighted by atomic mass is 10.1. The molecule has 2 aromatic heterocycles. The molecular weight excluding hydrogens is 304 g/mol. The van der Waals surface area contributed by atoms with Gasteiger partial charge in [0, 0.05) is 42.5 Å². The van der Waals surface area contributed by atoms with Gasteiger partial charge in [-0.1, -0.05) is 18.2 Å². The molecule has 0 spiro atoms. The van der Waals surface area contributed by atoms with E-state index in [1.54, 1.807) is 18.6 Å². The van der Waals surface area contributed by atoms with E-state index in [-0.39, 0.29) is 12.0 Å². The van der Waals surface area contributed by atoms with Crippen LogP contribution < -0.4 is 4.74 Å². The summed E-state index contributed by atoms with van der Waals surface area (Å²) in [5, 5.41) is 1.11. The van der Waals surface area contributed by atoms with Crippen LogP contribution in [0.5, 0.6) is 5.88 Å². The van der Waals surface area contributed by atoms with Gasteiger partial charge in [0.1, 0.15) is 6.10 Å². The maximum atomic E-state index is 12.6. The number of hydrogen-bond acceptors (Lipinski definition) is 4. The van der Waals surface area contributed by atoms with Crippen LogP contribution in [0.25, 0.3) is 10.9 Å². The molecule has 0 bridgehead atoms. The predicted molar refractivity (Wildman–Crippen MR) is 89.6 cm³/mol. The third kappa shape index (κ3) is 2.95. The van der Waals surface area contributed by atoms with Crippen molar-refractivity contribution in [2.75, 3.05) is 13.1 Å². The number of ether oxygens (including phenoxy) is 1. The lowest BCUT2D eigenvalue weighted by Crippen LogP contribution is -2.32. The number of para-hydroxylation sites is 1. The van der Waals surface area contributed by atoms with Gasteiger partial charge in [0.2, 0.25) is 11.8 Å². The van der Waals surface area contributed by atoms with E-state index >= 15 is 0 Å². The largest absolute Gasteiger partial charge is 0.471 e. The number of carbonyl (C=O) groups is 1. The average molecular weight is 322 g/mol. The number of hydrogen-bond donors (Lipinski definition) is 1. The van der Waals surface area contributed by atoms with Crippen molar-refractivity contribution in [1.82, 2.24) is 19.9 Å². The van der Waals surface area contributed by atoms with Gasteiger partial charge >= 0.3 is 0 Å². The van der Waals surface area contributed by atoms with Crippen LogP contribution in [-0.2, 0) is 11.2 Å². The topological polar surface area (TPSA) is 71.1 Å². The molecule has 1 aliphatic heterocycles. The highest BCUT2D eigenvalue weighted by Crippen LogP contribution is 2.21. The zero-order valence-corrected chi connectivity index (χ0v) is 13.2. The summed E-state index contributed by atoms with van der Waals surface area (Å²) in [6, 6.07) is 8.03. The number of nitrogens with one attached hydrogen (secondary N) is 1. The molecular formula is C18H18N4O2. The molecule has 122 valence electrons. The Balaban J connectivity index is 1.39. The standard InChI is InChI=1S/C18H18N4O2/c23-18(9-13-10-21-16-4-2-1-3-15(13)16)22-8-5-14(12-22)24-17-11-19-6-7-20-17/h1-4,6-7,10-11,14,21H,5,8-9,12H2/t14-/m1/s1. The van der Waals surface area contributed by atoms with Crippen molar-refractivity contribution in [2.45, 2.75) is 18.9 Å². The fraction of sp³-hybridized carbons (Fsp3) is 0.278. The lowest BCUT2D eigenvalue weighted by molar-refractivity contribution is -0.129. The molecule has 0 aliphatic carbocycles. The summed E-state index contributed by atoms with van der Waals surface area (Å²) in [7, 11) is 0. The Kier molecular flexibility index (Phi) is 3.86. The second-order valence-corrected chi connectivity index (χ2v) is 5.95. The molecule has 1 N–H and O–H groups in total. The van der Waals surface area contributed by atoms with Crippen LogP contribution in [0.1, 0.15) is 12.0 Å². The van der Waals surface area contributed by atoms with Crippen molar-refractivity contribution < 1.29 is 9.53 Å². The summed E-state index contributed by atoms with van der Waals surface area (Å²) in [6.45, 7) is 1.31. The van der Waals surface area contributed by atoms with Gasteiger partial charge in [-0.2, -0.15) is 0 Å². The first-order valence-electron chi connectivity index (χ1n) is 8.05. The molecule has 0 unspecified atom stereocenters. The van der Waals surface area contributed by atoms with Crippen LogP contribution >= 0.6 is 0 Å². The third-order valence-corrected chi connectivity index (χ3v) is 4.34. The van der Waals surface area contributed by atoms with E-state index in [4.69, 9.17) is 4.74 Å². The third-order valence-electron chi connectivity index (χ3n) is 4.34. The van der Waals surface area contributed by atoms with Gasteiger partial charge < -0.3 is 14.6 Å². The quantitative estimate of drug-likeness (QED) is 0.799. The Bertz CT molecular complexity index is 846. The first kappa shape index (κ1) is 14.7. The number of aromatic amines is 1. The van der Waals surface area contributed by atoms with Gasteiger partial charge in [0.25, 0.3) is 0 Å². The van der Waals surface area contributed by atoms with Gasteiger partial charge in [0.15, 0.2) is 0 Å². The fourth-order valence-corrected chi connectivity index (χ4v) is 3.12. The first-order chi connectivity index (χ1) is 11.8. The molecule has 1 atom stereocenters. The van der Waals surface area contributed by atoms with Crippen LogP contribution in [0, 0.1) is 0 Å². The summed E-state index contributed by atoms with van der Waals surface area (Å²) < 4.78 is 5.79. The molecule has 0 saturated carbocycles. The number of rotatable bonds is 4. The zero-order chi connectivity index (χ0) is 16.4. The van der Waals surface area contributed by atoms with E-state index in [1.807, 2.05) is 35.4 Å². The van der Waals surface area contributed by atoms with E-state index in [1.165, 1.54) is 0 Å². The molecule has 1 amide bonds. The van der Waals surface area contributed by atoms with Gasteiger partial charge in [-0.3, -0.25) is 9.78 Å². The molecule has 24 heavy (non-hydrogen) atoms. The van der Waals surface area contributed by atoms with E-state index in [0.717, 1.165) is 22.9 Å². The minimum Gasteiger partial charge on any atom is -0.471 e. The van der Waals surface area contributed by atoms with E-state index < -0.39 is 0 Å². The lowest BCUT2D eigenvalue weighted by Gasteiger charge is -2.16. The molecule has 1 aliphatic rings. The number of nitrogens with zero attached hydrogens (tertiary/aromatic N) is 3. The summed E-state index contributed by atoms with van der Waals surface area (Å²) in [4.78, 5) is 25.8. The van der Waals surface area contributed by atoms with Gasteiger partial charge in [0.05, 0.1) is 19.2 Å². The number of aromatic nitrogens is 3. The molecule has 3 heterocycles. The Labute approximate surface area is 139 Å². The smallest absolute Gasteiger partial charge is 0.232 e. The number of amides is 1. The van der Waals surface area contributed by atoms with E-state index in [0.29, 0.717) is 25.4 Å². The highest BCUT2D eigenvalue weighted by atomic mass is 16.5. The average Bonchev–Trinajstić information content (AvgIpc) is 3.24. The Morgan fingerprint density at radius 3 is 3.12 bits per heavy atom. The number of benzene rings is 1. The van der Waals surface area contributed by atoms with Crippen molar-refractivity contribution in [3.8, 4) is 5.88 Å². The molecule has 6 nitrogen and oxygen atoms in total. The Hall–Kier alpha value is -2.89. The molecule has 1 saturated heterocycles. The van der Waals surface area contributed by atoms with Gasteiger partial charge in [-0.05, 0) is 11.6 Å².